The Bertz CT molecular complexity index is 1250. The summed E-state index contributed by atoms with van der Waals surface area (Å²) in [7, 11) is 0. The van der Waals surface area contributed by atoms with Gasteiger partial charge in [0.2, 0.25) is 5.91 Å². The van der Waals surface area contributed by atoms with Crippen molar-refractivity contribution < 1.29 is 19.5 Å². The molecule has 1 fully saturated rings. The summed E-state index contributed by atoms with van der Waals surface area (Å²) in [5.74, 6) is -2.00. The number of fused-ring (bicyclic) bond motifs is 1. The zero-order valence-corrected chi connectivity index (χ0v) is 22.7. The lowest BCUT2D eigenvalue weighted by molar-refractivity contribution is -0.120. The van der Waals surface area contributed by atoms with Gasteiger partial charge in [0.15, 0.2) is 0 Å². The van der Waals surface area contributed by atoms with Crippen molar-refractivity contribution in [3.63, 3.8) is 0 Å². The van der Waals surface area contributed by atoms with Crippen molar-refractivity contribution in [1.82, 2.24) is 9.47 Å². The van der Waals surface area contributed by atoms with E-state index in [0.717, 1.165) is 36.0 Å². The van der Waals surface area contributed by atoms with E-state index in [2.05, 4.69) is 26.1 Å². The van der Waals surface area contributed by atoms with E-state index in [4.69, 9.17) is 5.73 Å². The number of carboxylic acid groups (broad SMARTS) is 1. The fourth-order valence-corrected chi connectivity index (χ4v) is 5.90. The molecule has 192 valence electrons. The highest BCUT2D eigenvalue weighted by atomic mass is 79.9. The first-order valence-electron chi connectivity index (χ1n) is 12.4. The van der Waals surface area contributed by atoms with Crippen LogP contribution in [0.5, 0.6) is 0 Å². The topological polar surface area (TPSA) is 118 Å². The molecule has 0 aliphatic carbocycles. The van der Waals surface area contributed by atoms with Gasteiger partial charge in [-0.15, -0.1) is 0 Å². The normalized spacial score (nSPS) is 17.8. The Morgan fingerprint density at radius 2 is 1.83 bits per heavy atom. The number of likely N-dealkylation sites (tertiary alicyclic amines) is 1. The third-order valence-electron chi connectivity index (χ3n) is 6.95. The van der Waals surface area contributed by atoms with Crippen LogP contribution in [0.2, 0.25) is 0 Å². The number of amides is 2. The maximum Gasteiger partial charge on any atom is 0.337 e. The second-order valence-corrected chi connectivity index (χ2v) is 11.1. The highest BCUT2D eigenvalue weighted by molar-refractivity contribution is 9.10. The fourth-order valence-electron chi connectivity index (χ4n) is 5.53. The molecular formula is C27H33BrN4O4. The highest BCUT2D eigenvalue weighted by Gasteiger charge is 2.36. The Morgan fingerprint density at radius 1 is 1.17 bits per heavy atom. The second-order valence-electron chi connectivity index (χ2n) is 10.1. The Hall–Kier alpha value is -2.91. The van der Waals surface area contributed by atoms with E-state index in [1.807, 2.05) is 50.5 Å². The van der Waals surface area contributed by atoms with Crippen LogP contribution in [0.1, 0.15) is 97.8 Å². The number of anilines is 1. The molecule has 0 bridgehead atoms. The van der Waals surface area contributed by atoms with E-state index in [-0.39, 0.29) is 29.7 Å². The number of aromatic carboxylic acids is 1. The summed E-state index contributed by atoms with van der Waals surface area (Å²) in [6, 6.07) is 5.58. The van der Waals surface area contributed by atoms with Crippen LogP contribution >= 0.6 is 15.9 Å². The number of hydrogen-bond donors (Lipinski definition) is 3. The van der Waals surface area contributed by atoms with Crippen molar-refractivity contribution in [2.75, 3.05) is 18.4 Å². The molecule has 2 aliphatic heterocycles. The van der Waals surface area contributed by atoms with Gasteiger partial charge in [-0.05, 0) is 54.5 Å². The van der Waals surface area contributed by atoms with Gasteiger partial charge < -0.3 is 20.7 Å². The molecule has 4 N–H and O–H groups in total. The fraction of sp³-hybridized carbons (Fsp3) is 0.444. The van der Waals surface area contributed by atoms with E-state index < -0.39 is 18.0 Å². The average Bonchev–Trinajstić information content (AvgIpc) is 3.49. The number of nitrogens with zero attached hydrogens (tertiary/aromatic N) is 2. The second kappa shape index (κ2) is 10.2. The van der Waals surface area contributed by atoms with Crippen molar-refractivity contribution >= 4 is 51.1 Å². The standard InChI is InChI=1S/C27H33BrN4O4/c1-14(2)23-20(12-18-17-11-16(28)7-8-19(17)30-26(18)34)32(25(15(3)4)24(23)27(35)36)22(13-21(29)33)31-9-5-6-10-31/h7-8,11-12,14-15,22H,5-6,9-10,13H2,1-4H3,(H2,29,33)(H,30,34)(H,35,36). The van der Waals surface area contributed by atoms with E-state index in [9.17, 15) is 19.5 Å². The molecule has 1 saturated heterocycles. The number of carbonyl (C=O) groups excluding carboxylic acids is 2. The predicted octanol–water partition coefficient (Wildman–Crippen LogP) is 5.16. The molecule has 3 heterocycles. The summed E-state index contributed by atoms with van der Waals surface area (Å²) in [6.07, 6.45) is 3.40. The van der Waals surface area contributed by atoms with Gasteiger partial charge in [0.25, 0.3) is 5.91 Å². The quantitative estimate of drug-likeness (QED) is 0.388. The molecule has 0 radical (unpaired) electrons. The number of halogens is 1. The van der Waals surface area contributed by atoms with Crippen molar-refractivity contribution in [2.24, 2.45) is 5.73 Å². The smallest absolute Gasteiger partial charge is 0.337 e. The van der Waals surface area contributed by atoms with E-state index in [1.165, 1.54) is 0 Å². The predicted molar refractivity (Wildman–Crippen MR) is 144 cm³/mol. The Labute approximate surface area is 219 Å². The van der Waals surface area contributed by atoms with Gasteiger partial charge in [0.1, 0.15) is 0 Å². The molecule has 1 atom stereocenters. The van der Waals surface area contributed by atoms with Crippen LogP contribution in [0, 0.1) is 0 Å². The monoisotopic (exact) mass is 556 g/mol. The van der Waals surface area contributed by atoms with Crippen molar-refractivity contribution in [2.45, 2.75) is 65.0 Å². The summed E-state index contributed by atoms with van der Waals surface area (Å²) in [5, 5.41) is 13.3. The van der Waals surface area contributed by atoms with E-state index in [1.54, 1.807) is 6.08 Å². The van der Waals surface area contributed by atoms with Crippen LogP contribution in [0.25, 0.3) is 11.6 Å². The molecule has 4 rings (SSSR count). The van der Waals surface area contributed by atoms with E-state index in [0.29, 0.717) is 28.2 Å². The zero-order valence-electron chi connectivity index (χ0n) is 21.1. The lowest BCUT2D eigenvalue weighted by Crippen LogP contribution is -2.35. The first kappa shape index (κ1) is 26.2. The van der Waals surface area contributed by atoms with Crippen LogP contribution in [0.15, 0.2) is 22.7 Å². The number of aromatic nitrogens is 1. The number of carbonyl (C=O) groups is 3. The molecule has 8 nitrogen and oxygen atoms in total. The van der Waals surface area contributed by atoms with E-state index >= 15 is 0 Å². The minimum absolute atomic E-state index is 0.0511. The molecule has 36 heavy (non-hydrogen) atoms. The minimum atomic E-state index is -1.01. The molecule has 2 amide bonds. The maximum atomic E-state index is 13.1. The van der Waals surface area contributed by atoms with Crippen molar-refractivity contribution in [3.05, 3.63) is 50.8 Å². The first-order valence-corrected chi connectivity index (χ1v) is 13.2. The average molecular weight is 557 g/mol. The van der Waals surface area contributed by atoms with Gasteiger partial charge in [-0.2, -0.15) is 0 Å². The van der Waals surface area contributed by atoms with Crippen LogP contribution in [0.4, 0.5) is 5.69 Å². The summed E-state index contributed by atoms with van der Waals surface area (Å²) in [4.78, 5) is 40.3. The molecule has 1 unspecified atom stereocenters. The largest absolute Gasteiger partial charge is 0.478 e. The molecule has 0 saturated carbocycles. The van der Waals surface area contributed by atoms with Gasteiger partial charge in [-0.1, -0.05) is 43.6 Å². The Kier molecular flexibility index (Phi) is 7.43. The third kappa shape index (κ3) is 4.74. The molecule has 1 aromatic carbocycles. The third-order valence-corrected chi connectivity index (χ3v) is 7.44. The number of nitrogens with two attached hydrogens (primary N) is 1. The maximum absolute atomic E-state index is 13.1. The summed E-state index contributed by atoms with van der Waals surface area (Å²) in [5.41, 5.74) is 9.81. The first-order chi connectivity index (χ1) is 17.0. The Balaban J connectivity index is 2.09. The van der Waals surface area contributed by atoms with Crippen molar-refractivity contribution in [1.29, 1.82) is 0 Å². The summed E-state index contributed by atoms with van der Waals surface area (Å²) < 4.78 is 2.82. The number of carboxylic acids is 1. The molecule has 0 spiro atoms. The minimum Gasteiger partial charge on any atom is -0.478 e. The number of nitrogens with one attached hydrogen (secondary N) is 1. The summed E-state index contributed by atoms with van der Waals surface area (Å²) >= 11 is 3.49. The molecule has 1 aromatic heterocycles. The highest BCUT2D eigenvalue weighted by Crippen LogP contribution is 2.42. The molecule has 9 heteroatoms. The van der Waals surface area contributed by atoms with Crippen molar-refractivity contribution in [3.8, 4) is 0 Å². The van der Waals surface area contributed by atoms with Gasteiger partial charge in [-0.3, -0.25) is 14.5 Å². The number of benzene rings is 1. The Morgan fingerprint density at radius 3 is 2.39 bits per heavy atom. The molecular weight excluding hydrogens is 524 g/mol. The number of primary amides is 1. The van der Waals surface area contributed by atoms with Gasteiger partial charge in [0.05, 0.1) is 23.7 Å². The van der Waals surface area contributed by atoms with Gasteiger partial charge in [0, 0.05) is 40.2 Å². The molecule has 2 aromatic rings. The zero-order chi connectivity index (χ0) is 26.3. The molecule has 2 aliphatic rings. The van der Waals surface area contributed by atoms with Crippen LogP contribution in [-0.2, 0) is 9.59 Å². The SMILES string of the molecule is CC(C)c1c(C(=O)O)c(C(C)C)n(C(CC(N)=O)N2CCCC2)c1C=C1C(=O)Nc2ccc(Br)cc21. The number of rotatable bonds is 8. The number of hydrogen-bond acceptors (Lipinski definition) is 4. The van der Waals surface area contributed by atoms with Crippen LogP contribution < -0.4 is 11.1 Å². The summed E-state index contributed by atoms with van der Waals surface area (Å²) in [6.45, 7) is 9.41. The lowest BCUT2D eigenvalue weighted by Gasteiger charge is -2.32. The lowest BCUT2D eigenvalue weighted by atomic mass is 9.94. The van der Waals surface area contributed by atoms with Crippen LogP contribution in [-0.4, -0.2) is 45.4 Å². The van der Waals surface area contributed by atoms with Crippen LogP contribution in [0.3, 0.4) is 0 Å². The van der Waals surface area contributed by atoms with Gasteiger partial charge in [-0.25, -0.2) is 4.79 Å². The van der Waals surface area contributed by atoms with Gasteiger partial charge >= 0.3 is 5.97 Å².